The third-order valence-corrected chi connectivity index (χ3v) is 3.21. The van der Waals surface area contributed by atoms with E-state index in [-0.39, 0.29) is 5.92 Å². The first-order valence-corrected chi connectivity index (χ1v) is 6.47. The summed E-state index contributed by atoms with van der Waals surface area (Å²) >= 11 is 3.41. The van der Waals surface area contributed by atoms with Crippen molar-refractivity contribution in [3.63, 3.8) is 0 Å². The Hall–Kier alpha value is -0.380. The van der Waals surface area contributed by atoms with Gasteiger partial charge >= 0.3 is 0 Å². The number of benzene rings is 1. The molecule has 3 N–H and O–H groups in total. The van der Waals surface area contributed by atoms with Crippen LogP contribution < -0.4 is 5.73 Å². The fourth-order valence-electron chi connectivity index (χ4n) is 1.92. The van der Waals surface area contributed by atoms with E-state index in [1.54, 1.807) is 0 Å². The smallest absolute Gasteiger partial charge is 0.0830 e. The van der Waals surface area contributed by atoms with Gasteiger partial charge in [0.2, 0.25) is 0 Å². The molecular weight excluding hydrogens is 266 g/mol. The summed E-state index contributed by atoms with van der Waals surface area (Å²) in [6.45, 7) is 4.82. The van der Waals surface area contributed by atoms with E-state index in [1.165, 1.54) is 0 Å². The minimum absolute atomic E-state index is 0.134. The normalized spacial score (nSPS) is 15.1. The molecule has 0 radical (unpaired) electrons. The molecule has 0 fully saturated rings. The van der Waals surface area contributed by atoms with E-state index in [1.807, 2.05) is 24.3 Å². The van der Waals surface area contributed by atoms with Gasteiger partial charge in [0.05, 0.1) is 6.10 Å². The molecule has 2 nitrogen and oxygen atoms in total. The zero-order chi connectivity index (χ0) is 12.1. The van der Waals surface area contributed by atoms with Crippen LogP contribution in [-0.4, -0.2) is 11.7 Å². The fourth-order valence-corrected chi connectivity index (χ4v) is 2.34. The van der Waals surface area contributed by atoms with Gasteiger partial charge in [-0.25, -0.2) is 0 Å². The number of aliphatic hydroxyl groups is 1. The zero-order valence-electron chi connectivity index (χ0n) is 9.86. The van der Waals surface area contributed by atoms with Gasteiger partial charge in [-0.05, 0) is 36.6 Å². The summed E-state index contributed by atoms with van der Waals surface area (Å²) in [5.41, 5.74) is 6.66. The average Bonchev–Trinajstić information content (AvgIpc) is 2.24. The molecule has 1 aromatic carbocycles. The zero-order valence-corrected chi connectivity index (χ0v) is 11.4. The highest BCUT2D eigenvalue weighted by atomic mass is 79.9. The van der Waals surface area contributed by atoms with Crippen molar-refractivity contribution in [1.82, 2.24) is 0 Å². The molecule has 90 valence electrons. The minimum Gasteiger partial charge on any atom is -0.388 e. The Bertz CT molecular complexity index is 327. The molecule has 0 saturated heterocycles. The highest BCUT2D eigenvalue weighted by Crippen LogP contribution is 2.28. The minimum atomic E-state index is -0.468. The van der Waals surface area contributed by atoms with Crippen molar-refractivity contribution in [3.05, 3.63) is 34.3 Å². The Morgan fingerprint density at radius 2 is 2.06 bits per heavy atom. The van der Waals surface area contributed by atoms with Gasteiger partial charge in [0, 0.05) is 10.4 Å². The molecule has 3 heteroatoms. The van der Waals surface area contributed by atoms with E-state index in [2.05, 4.69) is 29.8 Å². The van der Waals surface area contributed by atoms with E-state index in [0.717, 1.165) is 16.5 Å². The Balaban J connectivity index is 2.78. The molecule has 0 amide bonds. The first-order valence-electron chi connectivity index (χ1n) is 5.68. The lowest BCUT2D eigenvalue weighted by atomic mass is 9.88. The standard InChI is InChI=1S/C13H20BrNO/c1-9(2)6-11(8-15)13(16)10-4-3-5-12(14)7-10/h3-5,7,9,11,13,16H,6,8,15H2,1-2H3. The van der Waals surface area contributed by atoms with Crippen molar-refractivity contribution < 1.29 is 5.11 Å². The second-order valence-corrected chi connectivity index (χ2v) is 5.54. The number of rotatable bonds is 5. The van der Waals surface area contributed by atoms with Crippen molar-refractivity contribution >= 4 is 15.9 Å². The van der Waals surface area contributed by atoms with E-state index < -0.39 is 6.10 Å². The van der Waals surface area contributed by atoms with Crippen LogP contribution in [0.2, 0.25) is 0 Å². The maximum Gasteiger partial charge on any atom is 0.0830 e. The van der Waals surface area contributed by atoms with Crippen LogP contribution in [0.15, 0.2) is 28.7 Å². The SMILES string of the molecule is CC(C)CC(CN)C(O)c1cccc(Br)c1. The number of aliphatic hydroxyl groups excluding tert-OH is 1. The highest BCUT2D eigenvalue weighted by molar-refractivity contribution is 9.10. The molecule has 0 aromatic heterocycles. The van der Waals surface area contributed by atoms with Gasteiger partial charge in [-0.15, -0.1) is 0 Å². The van der Waals surface area contributed by atoms with Gasteiger partial charge in [0.1, 0.15) is 0 Å². The maximum absolute atomic E-state index is 10.3. The summed E-state index contributed by atoms with van der Waals surface area (Å²) in [7, 11) is 0. The molecule has 0 heterocycles. The molecule has 2 unspecified atom stereocenters. The van der Waals surface area contributed by atoms with Crippen LogP contribution in [0, 0.1) is 11.8 Å². The summed E-state index contributed by atoms with van der Waals surface area (Å²) < 4.78 is 0.990. The lowest BCUT2D eigenvalue weighted by Crippen LogP contribution is -2.23. The van der Waals surface area contributed by atoms with E-state index >= 15 is 0 Å². The third-order valence-electron chi connectivity index (χ3n) is 2.71. The lowest BCUT2D eigenvalue weighted by Gasteiger charge is -2.23. The summed E-state index contributed by atoms with van der Waals surface area (Å²) in [5, 5.41) is 10.3. The Kier molecular flexibility index (Phi) is 5.46. The molecule has 0 saturated carbocycles. The quantitative estimate of drug-likeness (QED) is 0.873. The van der Waals surface area contributed by atoms with Crippen molar-refractivity contribution in [2.24, 2.45) is 17.6 Å². The van der Waals surface area contributed by atoms with Crippen LogP contribution in [0.4, 0.5) is 0 Å². The van der Waals surface area contributed by atoms with E-state index in [4.69, 9.17) is 5.73 Å². The predicted octanol–water partition coefficient (Wildman–Crippen LogP) is 3.10. The van der Waals surface area contributed by atoms with Gasteiger partial charge in [0.15, 0.2) is 0 Å². The van der Waals surface area contributed by atoms with Crippen LogP contribution >= 0.6 is 15.9 Å². The molecule has 0 aliphatic rings. The monoisotopic (exact) mass is 285 g/mol. The molecule has 16 heavy (non-hydrogen) atoms. The Labute approximate surface area is 106 Å². The van der Waals surface area contributed by atoms with Crippen LogP contribution in [0.25, 0.3) is 0 Å². The topological polar surface area (TPSA) is 46.2 Å². The van der Waals surface area contributed by atoms with Crippen molar-refractivity contribution in [2.45, 2.75) is 26.4 Å². The second kappa shape index (κ2) is 6.38. The van der Waals surface area contributed by atoms with Gasteiger partial charge < -0.3 is 10.8 Å². The molecule has 1 rings (SSSR count). The third kappa shape index (κ3) is 3.89. The highest BCUT2D eigenvalue weighted by Gasteiger charge is 2.20. The van der Waals surface area contributed by atoms with Gasteiger partial charge in [-0.3, -0.25) is 0 Å². The van der Waals surface area contributed by atoms with E-state index in [9.17, 15) is 5.11 Å². The van der Waals surface area contributed by atoms with Crippen LogP contribution in [0.3, 0.4) is 0 Å². The molecule has 2 atom stereocenters. The molecule has 0 bridgehead atoms. The average molecular weight is 286 g/mol. The predicted molar refractivity (Wildman–Crippen MR) is 71.1 cm³/mol. The lowest BCUT2D eigenvalue weighted by molar-refractivity contribution is 0.0994. The summed E-state index contributed by atoms with van der Waals surface area (Å²) in [4.78, 5) is 0. The first kappa shape index (κ1) is 13.7. The Morgan fingerprint density at radius 3 is 2.56 bits per heavy atom. The van der Waals surface area contributed by atoms with Crippen molar-refractivity contribution in [3.8, 4) is 0 Å². The second-order valence-electron chi connectivity index (χ2n) is 4.63. The molecule has 0 aliphatic heterocycles. The number of hydrogen-bond acceptors (Lipinski definition) is 2. The summed E-state index contributed by atoms with van der Waals surface area (Å²) in [6.07, 6.45) is 0.481. The summed E-state index contributed by atoms with van der Waals surface area (Å²) in [6, 6.07) is 7.79. The van der Waals surface area contributed by atoms with Gasteiger partial charge in [-0.1, -0.05) is 41.9 Å². The fraction of sp³-hybridized carbons (Fsp3) is 0.538. The van der Waals surface area contributed by atoms with Gasteiger partial charge in [-0.2, -0.15) is 0 Å². The largest absolute Gasteiger partial charge is 0.388 e. The summed E-state index contributed by atoms with van der Waals surface area (Å²) in [5.74, 6) is 0.685. The molecule has 1 aromatic rings. The molecule has 0 spiro atoms. The molecule has 0 aliphatic carbocycles. The van der Waals surface area contributed by atoms with E-state index in [0.29, 0.717) is 12.5 Å². The first-order chi connectivity index (χ1) is 7.54. The van der Waals surface area contributed by atoms with Crippen molar-refractivity contribution in [1.29, 1.82) is 0 Å². The maximum atomic E-state index is 10.3. The van der Waals surface area contributed by atoms with Crippen molar-refractivity contribution in [2.75, 3.05) is 6.54 Å². The number of nitrogens with two attached hydrogens (primary N) is 1. The molecular formula is C13H20BrNO. The number of hydrogen-bond donors (Lipinski definition) is 2. The van der Waals surface area contributed by atoms with Crippen LogP contribution in [-0.2, 0) is 0 Å². The van der Waals surface area contributed by atoms with Gasteiger partial charge in [0.25, 0.3) is 0 Å². The Morgan fingerprint density at radius 1 is 1.38 bits per heavy atom. The van der Waals surface area contributed by atoms with Crippen LogP contribution in [0.1, 0.15) is 31.9 Å². The number of halogens is 1. The van der Waals surface area contributed by atoms with Crippen LogP contribution in [0.5, 0.6) is 0 Å².